The van der Waals surface area contributed by atoms with Gasteiger partial charge in [0.1, 0.15) is 5.82 Å². The van der Waals surface area contributed by atoms with Gasteiger partial charge < -0.3 is 9.84 Å². The van der Waals surface area contributed by atoms with Crippen LogP contribution in [0.25, 0.3) is 0 Å². The van der Waals surface area contributed by atoms with Crippen molar-refractivity contribution in [2.45, 2.75) is 32.5 Å². The molecular weight excluding hydrogens is 257 g/mol. The van der Waals surface area contributed by atoms with E-state index in [9.17, 15) is 9.50 Å². The van der Waals surface area contributed by atoms with E-state index in [1.807, 2.05) is 6.92 Å². The number of aliphatic hydroxyl groups excluding tert-OH is 1. The molecular formula is C16H24FNO2. The van der Waals surface area contributed by atoms with Crippen molar-refractivity contribution in [2.24, 2.45) is 5.92 Å². The van der Waals surface area contributed by atoms with Crippen LogP contribution in [0.1, 0.15) is 31.9 Å². The summed E-state index contributed by atoms with van der Waals surface area (Å²) in [5.41, 5.74) is 0.389. The topological polar surface area (TPSA) is 32.7 Å². The van der Waals surface area contributed by atoms with E-state index in [0.29, 0.717) is 5.56 Å². The number of hydrogen-bond donors (Lipinski definition) is 1. The monoisotopic (exact) mass is 281 g/mol. The average Bonchev–Trinajstić information content (AvgIpc) is 2.47. The second kappa shape index (κ2) is 7.16. The predicted molar refractivity (Wildman–Crippen MR) is 77.0 cm³/mol. The highest BCUT2D eigenvalue weighted by Gasteiger charge is 2.25. The van der Waals surface area contributed by atoms with Crippen LogP contribution in [-0.4, -0.2) is 42.4 Å². The maximum Gasteiger partial charge on any atom is 0.129 e. The molecule has 1 aliphatic rings. The zero-order valence-electron chi connectivity index (χ0n) is 12.3. The molecule has 3 nitrogen and oxygen atoms in total. The van der Waals surface area contributed by atoms with Gasteiger partial charge in [-0.3, -0.25) is 4.90 Å². The van der Waals surface area contributed by atoms with Crippen molar-refractivity contribution in [3.8, 4) is 0 Å². The molecule has 0 radical (unpaired) electrons. The van der Waals surface area contributed by atoms with E-state index in [4.69, 9.17) is 4.74 Å². The second-order valence-corrected chi connectivity index (χ2v) is 5.60. The molecule has 1 aromatic rings. The van der Waals surface area contributed by atoms with Crippen LogP contribution >= 0.6 is 0 Å². The van der Waals surface area contributed by atoms with Gasteiger partial charge in [-0.1, -0.05) is 32.0 Å². The van der Waals surface area contributed by atoms with Crippen molar-refractivity contribution in [1.82, 2.24) is 4.90 Å². The summed E-state index contributed by atoms with van der Waals surface area (Å²) in [7, 11) is 0. The Kier molecular flexibility index (Phi) is 5.52. The summed E-state index contributed by atoms with van der Waals surface area (Å²) in [4.78, 5) is 2.30. The molecule has 0 spiro atoms. The Hall–Kier alpha value is -0.970. The highest BCUT2D eigenvalue weighted by molar-refractivity contribution is 5.20. The van der Waals surface area contributed by atoms with Crippen LogP contribution in [0.5, 0.6) is 0 Å². The Morgan fingerprint density at radius 3 is 2.90 bits per heavy atom. The first-order valence-corrected chi connectivity index (χ1v) is 7.38. The summed E-state index contributed by atoms with van der Waals surface area (Å²) >= 11 is 0. The minimum atomic E-state index is -0.765. The summed E-state index contributed by atoms with van der Waals surface area (Å²) in [6.45, 7) is 7.35. The summed E-state index contributed by atoms with van der Waals surface area (Å²) in [5.74, 6) is -0.345. The molecule has 1 fully saturated rings. The molecule has 112 valence electrons. The fraction of sp³-hybridized carbons (Fsp3) is 0.625. The van der Waals surface area contributed by atoms with Gasteiger partial charge in [-0.05, 0) is 18.4 Å². The lowest BCUT2D eigenvalue weighted by Gasteiger charge is -2.35. The number of nitrogens with zero attached hydrogens (tertiary/aromatic N) is 1. The number of benzene rings is 1. The molecule has 1 N–H and O–H groups in total. The van der Waals surface area contributed by atoms with Gasteiger partial charge in [-0.15, -0.1) is 0 Å². The van der Waals surface area contributed by atoms with Crippen LogP contribution < -0.4 is 0 Å². The van der Waals surface area contributed by atoms with Crippen molar-refractivity contribution in [3.05, 3.63) is 35.6 Å². The van der Waals surface area contributed by atoms with E-state index in [1.165, 1.54) is 6.07 Å². The van der Waals surface area contributed by atoms with E-state index < -0.39 is 6.10 Å². The summed E-state index contributed by atoms with van der Waals surface area (Å²) in [6.07, 6.45) is 0.515. The Bertz CT molecular complexity index is 427. The van der Waals surface area contributed by atoms with Gasteiger partial charge in [0.15, 0.2) is 0 Å². The largest absolute Gasteiger partial charge is 0.388 e. The third-order valence-electron chi connectivity index (χ3n) is 3.99. The molecule has 0 aliphatic carbocycles. The van der Waals surface area contributed by atoms with Crippen LogP contribution in [0.15, 0.2) is 24.3 Å². The number of rotatable bonds is 5. The number of hydrogen-bond acceptors (Lipinski definition) is 3. The van der Waals surface area contributed by atoms with Gasteiger partial charge in [0, 0.05) is 25.2 Å². The number of ether oxygens (including phenoxy) is 1. The predicted octanol–water partition coefficient (Wildman–Crippen LogP) is 2.61. The minimum absolute atomic E-state index is 0.0116. The first-order valence-electron chi connectivity index (χ1n) is 7.38. The average molecular weight is 281 g/mol. The minimum Gasteiger partial charge on any atom is -0.388 e. The molecule has 2 rings (SSSR count). The smallest absolute Gasteiger partial charge is 0.129 e. The molecule has 0 aromatic heterocycles. The maximum absolute atomic E-state index is 13.7. The highest BCUT2D eigenvalue weighted by Crippen LogP contribution is 2.25. The van der Waals surface area contributed by atoms with Crippen LogP contribution in [0.2, 0.25) is 0 Å². The lowest BCUT2D eigenvalue weighted by Crippen LogP contribution is -2.44. The van der Waals surface area contributed by atoms with Gasteiger partial charge in [0.2, 0.25) is 0 Å². The molecule has 4 heteroatoms. The molecule has 0 bridgehead atoms. The Balaban J connectivity index is 1.94. The van der Waals surface area contributed by atoms with Crippen LogP contribution in [-0.2, 0) is 4.74 Å². The number of morpholine rings is 1. The third-order valence-corrected chi connectivity index (χ3v) is 3.99. The lowest BCUT2D eigenvalue weighted by atomic mass is 9.96. The third kappa shape index (κ3) is 3.78. The maximum atomic E-state index is 13.7. The van der Waals surface area contributed by atoms with Crippen LogP contribution in [0, 0.1) is 11.7 Å². The molecule has 3 atom stereocenters. The summed E-state index contributed by atoms with van der Waals surface area (Å²) < 4.78 is 19.3. The SMILES string of the molecule is CCC1CN(CC(C)C(O)c2ccccc2F)CCO1. The van der Waals surface area contributed by atoms with Crippen molar-refractivity contribution in [2.75, 3.05) is 26.2 Å². The van der Waals surface area contributed by atoms with Crippen molar-refractivity contribution < 1.29 is 14.2 Å². The van der Waals surface area contributed by atoms with E-state index in [0.717, 1.165) is 32.7 Å². The molecule has 0 amide bonds. The van der Waals surface area contributed by atoms with Crippen LogP contribution in [0.3, 0.4) is 0 Å². The Morgan fingerprint density at radius 1 is 1.45 bits per heavy atom. The standard InChI is InChI=1S/C16H24FNO2/c1-3-13-11-18(8-9-20-13)10-12(2)16(19)14-6-4-5-7-15(14)17/h4-7,12-13,16,19H,3,8-11H2,1-2H3. The summed E-state index contributed by atoms with van der Waals surface area (Å²) in [5, 5.41) is 10.3. The second-order valence-electron chi connectivity index (χ2n) is 5.60. The van der Waals surface area contributed by atoms with Crippen molar-refractivity contribution >= 4 is 0 Å². The van der Waals surface area contributed by atoms with E-state index >= 15 is 0 Å². The summed E-state index contributed by atoms with van der Waals surface area (Å²) in [6, 6.07) is 6.46. The molecule has 3 unspecified atom stereocenters. The van der Waals surface area contributed by atoms with Gasteiger partial charge in [-0.2, -0.15) is 0 Å². The number of halogens is 1. The zero-order chi connectivity index (χ0) is 14.5. The fourth-order valence-electron chi connectivity index (χ4n) is 2.72. The normalized spacial score (nSPS) is 23.5. The van der Waals surface area contributed by atoms with Crippen molar-refractivity contribution in [1.29, 1.82) is 0 Å². The highest BCUT2D eigenvalue weighted by atomic mass is 19.1. The molecule has 20 heavy (non-hydrogen) atoms. The van der Waals surface area contributed by atoms with E-state index in [1.54, 1.807) is 18.2 Å². The van der Waals surface area contributed by atoms with Gasteiger partial charge in [-0.25, -0.2) is 4.39 Å². The first kappa shape index (κ1) is 15.4. The molecule has 1 aliphatic heterocycles. The lowest BCUT2D eigenvalue weighted by molar-refractivity contribution is -0.0404. The number of aliphatic hydroxyl groups is 1. The van der Waals surface area contributed by atoms with E-state index in [2.05, 4.69) is 11.8 Å². The van der Waals surface area contributed by atoms with Gasteiger partial charge >= 0.3 is 0 Å². The zero-order valence-corrected chi connectivity index (χ0v) is 12.3. The molecule has 0 saturated carbocycles. The molecule has 1 heterocycles. The fourth-order valence-corrected chi connectivity index (χ4v) is 2.72. The van der Waals surface area contributed by atoms with Crippen molar-refractivity contribution in [3.63, 3.8) is 0 Å². The first-order chi connectivity index (χ1) is 9.61. The van der Waals surface area contributed by atoms with Gasteiger partial charge in [0.25, 0.3) is 0 Å². The van der Waals surface area contributed by atoms with E-state index in [-0.39, 0.29) is 17.8 Å². The Morgan fingerprint density at radius 2 is 2.20 bits per heavy atom. The molecule has 1 saturated heterocycles. The molecule has 1 aromatic carbocycles. The quantitative estimate of drug-likeness (QED) is 0.900. The van der Waals surface area contributed by atoms with Gasteiger partial charge in [0.05, 0.1) is 18.8 Å². The van der Waals surface area contributed by atoms with Crippen LogP contribution in [0.4, 0.5) is 4.39 Å². The Labute approximate surface area is 120 Å².